The summed E-state index contributed by atoms with van der Waals surface area (Å²) in [5.74, 6) is 0.445. The minimum Gasteiger partial charge on any atom is -0.347 e. The van der Waals surface area contributed by atoms with Crippen molar-refractivity contribution >= 4 is 11.6 Å². The Labute approximate surface area is 110 Å². The molecule has 18 heavy (non-hydrogen) atoms. The van der Waals surface area contributed by atoms with Gasteiger partial charge in [-0.2, -0.15) is 0 Å². The molecule has 96 valence electrons. The third-order valence-corrected chi connectivity index (χ3v) is 3.18. The van der Waals surface area contributed by atoms with Gasteiger partial charge in [-0.15, -0.1) is 0 Å². The summed E-state index contributed by atoms with van der Waals surface area (Å²) < 4.78 is 13.4. The number of imidazole rings is 1. The van der Waals surface area contributed by atoms with Gasteiger partial charge in [0.25, 0.3) is 0 Å². The van der Waals surface area contributed by atoms with E-state index < -0.39 is 0 Å². The standard InChI is InChI=1S/C13H15ClFN3/c1-2-16-11(13-17-6-7-18-13)8-9-4-3-5-10(15)12(9)14/h3-7,11,16H,2,8H2,1H3,(H,17,18). The SMILES string of the molecule is CCNC(Cc1cccc(F)c1Cl)c1ncc[nH]1. The molecule has 2 rings (SSSR count). The van der Waals surface area contributed by atoms with Crippen LogP contribution < -0.4 is 5.32 Å². The fraction of sp³-hybridized carbons (Fsp3) is 0.308. The monoisotopic (exact) mass is 267 g/mol. The molecule has 0 aliphatic heterocycles. The average Bonchev–Trinajstić information content (AvgIpc) is 2.88. The fourth-order valence-corrected chi connectivity index (χ4v) is 2.11. The first-order valence-electron chi connectivity index (χ1n) is 5.88. The molecule has 1 aromatic heterocycles. The lowest BCUT2D eigenvalue weighted by Crippen LogP contribution is -2.24. The lowest BCUT2D eigenvalue weighted by molar-refractivity contribution is 0.524. The van der Waals surface area contributed by atoms with Crippen LogP contribution in [0.1, 0.15) is 24.4 Å². The largest absolute Gasteiger partial charge is 0.347 e. The van der Waals surface area contributed by atoms with Gasteiger partial charge in [0.1, 0.15) is 11.6 Å². The first-order chi connectivity index (χ1) is 8.72. The third-order valence-electron chi connectivity index (χ3n) is 2.76. The molecular formula is C13H15ClFN3. The summed E-state index contributed by atoms with van der Waals surface area (Å²) in [7, 11) is 0. The highest BCUT2D eigenvalue weighted by Gasteiger charge is 2.16. The highest BCUT2D eigenvalue weighted by atomic mass is 35.5. The van der Waals surface area contributed by atoms with Gasteiger partial charge in [0.2, 0.25) is 0 Å². The van der Waals surface area contributed by atoms with Crippen LogP contribution in [0.4, 0.5) is 4.39 Å². The molecule has 0 fully saturated rings. The predicted molar refractivity (Wildman–Crippen MR) is 70.1 cm³/mol. The summed E-state index contributed by atoms with van der Waals surface area (Å²) in [6, 6.07) is 4.87. The first kappa shape index (κ1) is 13.1. The molecule has 3 nitrogen and oxygen atoms in total. The lowest BCUT2D eigenvalue weighted by atomic mass is 10.1. The average molecular weight is 268 g/mol. The molecule has 0 spiro atoms. The molecule has 2 aromatic rings. The predicted octanol–water partition coefficient (Wildman–Crippen LogP) is 3.10. The summed E-state index contributed by atoms with van der Waals surface area (Å²) >= 11 is 5.97. The minimum absolute atomic E-state index is 0.00398. The van der Waals surface area contributed by atoms with Crippen molar-refractivity contribution in [3.05, 3.63) is 52.8 Å². The van der Waals surface area contributed by atoms with Gasteiger partial charge in [-0.1, -0.05) is 30.7 Å². The van der Waals surface area contributed by atoms with E-state index in [0.717, 1.165) is 17.9 Å². The molecule has 0 amide bonds. The van der Waals surface area contributed by atoms with Crippen molar-refractivity contribution in [3.8, 4) is 0 Å². The number of H-pyrrole nitrogens is 1. The van der Waals surface area contributed by atoms with Crippen molar-refractivity contribution < 1.29 is 4.39 Å². The third kappa shape index (κ3) is 2.89. The Kier molecular flexibility index (Phi) is 4.33. The topological polar surface area (TPSA) is 40.7 Å². The number of halogens is 2. The van der Waals surface area contributed by atoms with Gasteiger partial charge >= 0.3 is 0 Å². The van der Waals surface area contributed by atoms with E-state index in [-0.39, 0.29) is 16.9 Å². The van der Waals surface area contributed by atoms with E-state index in [2.05, 4.69) is 15.3 Å². The number of likely N-dealkylation sites (N-methyl/N-ethyl adjacent to an activating group) is 1. The molecule has 1 atom stereocenters. The number of rotatable bonds is 5. The van der Waals surface area contributed by atoms with Gasteiger partial charge < -0.3 is 10.3 Å². The van der Waals surface area contributed by atoms with Crippen molar-refractivity contribution in [2.75, 3.05) is 6.54 Å². The molecule has 5 heteroatoms. The quantitative estimate of drug-likeness (QED) is 0.874. The number of aromatic nitrogens is 2. The van der Waals surface area contributed by atoms with E-state index in [1.165, 1.54) is 6.07 Å². The van der Waals surface area contributed by atoms with Gasteiger partial charge in [-0.05, 0) is 24.6 Å². The molecule has 0 bridgehead atoms. The van der Waals surface area contributed by atoms with Crippen LogP contribution in [0.25, 0.3) is 0 Å². The molecule has 2 N–H and O–H groups in total. The van der Waals surface area contributed by atoms with Crippen LogP contribution in [0.2, 0.25) is 5.02 Å². The number of nitrogens with zero attached hydrogens (tertiary/aromatic N) is 1. The zero-order valence-corrected chi connectivity index (χ0v) is 10.8. The van der Waals surface area contributed by atoms with Gasteiger partial charge in [0, 0.05) is 12.4 Å². The van der Waals surface area contributed by atoms with Gasteiger partial charge in [-0.25, -0.2) is 9.37 Å². The van der Waals surface area contributed by atoms with Crippen molar-refractivity contribution in [1.82, 2.24) is 15.3 Å². The van der Waals surface area contributed by atoms with Crippen molar-refractivity contribution in [1.29, 1.82) is 0 Å². The lowest BCUT2D eigenvalue weighted by Gasteiger charge is -2.16. The summed E-state index contributed by atoms with van der Waals surface area (Å²) in [6.07, 6.45) is 4.07. The second-order valence-electron chi connectivity index (χ2n) is 4.00. The normalized spacial score (nSPS) is 12.6. The van der Waals surface area contributed by atoms with E-state index in [1.807, 2.05) is 13.0 Å². The van der Waals surface area contributed by atoms with Crippen LogP contribution in [-0.2, 0) is 6.42 Å². The maximum absolute atomic E-state index is 13.4. The van der Waals surface area contributed by atoms with Gasteiger partial charge in [0.15, 0.2) is 0 Å². The van der Waals surface area contributed by atoms with Crippen LogP contribution in [0.15, 0.2) is 30.6 Å². The Hall–Kier alpha value is -1.39. The molecule has 0 saturated carbocycles. The van der Waals surface area contributed by atoms with Crippen molar-refractivity contribution in [2.45, 2.75) is 19.4 Å². The summed E-state index contributed by atoms with van der Waals surface area (Å²) in [5, 5.41) is 3.49. The number of aromatic amines is 1. The Morgan fingerprint density at radius 3 is 3.00 bits per heavy atom. The molecular weight excluding hydrogens is 253 g/mol. The molecule has 0 radical (unpaired) electrons. The van der Waals surface area contributed by atoms with Crippen LogP contribution in [0, 0.1) is 5.82 Å². The second kappa shape index (κ2) is 5.98. The number of nitrogens with one attached hydrogen (secondary N) is 2. The van der Waals surface area contributed by atoms with Crippen LogP contribution >= 0.6 is 11.6 Å². The molecule has 1 aromatic carbocycles. The smallest absolute Gasteiger partial charge is 0.142 e. The number of hydrogen-bond donors (Lipinski definition) is 2. The Morgan fingerprint density at radius 1 is 1.50 bits per heavy atom. The molecule has 0 aliphatic carbocycles. The molecule has 0 aliphatic rings. The molecule has 1 heterocycles. The van der Waals surface area contributed by atoms with E-state index in [0.29, 0.717) is 6.42 Å². The zero-order valence-electron chi connectivity index (χ0n) is 10.1. The van der Waals surface area contributed by atoms with Gasteiger partial charge in [-0.3, -0.25) is 0 Å². The number of hydrogen-bond acceptors (Lipinski definition) is 2. The molecule has 1 unspecified atom stereocenters. The zero-order chi connectivity index (χ0) is 13.0. The maximum Gasteiger partial charge on any atom is 0.142 e. The highest BCUT2D eigenvalue weighted by Crippen LogP contribution is 2.24. The van der Waals surface area contributed by atoms with Crippen LogP contribution in [-0.4, -0.2) is 16.5 Å². The van der Waals surface area contributed by atoms with E-state index >= 15 is 0 Å². The summed E-state index contributed by atoms with van der Waals surface area (Å²) in [4.78, 5) is 7.29. The van der Waals surface area contributed by atoms with Gasteiger partial charge in [0.05, 0.1) is 11.1 Å². The Morgan fingerprint density at radius 2 is 2.33 bits per heavy atom. The Bertz CT molecular complexity index is 499. The van der Waals surface area contributed by atoms with E-state index in [1.54, 1.807) is 18.5 Å². The minimum atomic E-state index is -0.385. The Balaban J connectivity index is 2.21. The van der Waals surface area contributed by atoms with Crippen LogP contribution in [0.3, 0.4) is 0 Å². The van der Waals surface area contributed by atoms with E-state index in [9.17, 15) is 4.39 Å². The first-order valence-corrected chi connectivity index (χ1v) is 6.25. The van der Waals surface area contributed by atoms with Crippen LogP contribution in [0.5, 0.6) is 0 Å². The summed E-state index contributed by atoms with van der Waals surface area (Å²) in [5.41, 5.74) is 0.777. The van der Waals surface area contributed by atoms with Crippen molar-refractivity contribution in [2.24, 2.45) is 0 Å². The fourth-order valence-electron chi connectivity index (χ4n) is 1.91. The molecule has 0 saturated heterocycles. The second-order valence-corrected chi connectivity index (χ2v) is 4.38. The highest BCUT2D eigenvalue weighted by molar-refractivity contribution is 6.31. The maximum atomic E-state index is 13.4. The summed E-state index contributed by atoms with van der Waals surface area (Å²) in [6.45, 7) is 2.82. The van der Waals surface area contributed by atoms with E-state index in [4.69, 9.17) is 11.6 Å². The van der Waals surface area contributed by atoms with Crippen molar-refractivity contribution in [3.63, 3.8) is 0 Å². The number of benzene rings is 1.